The van der Waals surface area contributed by atoms with Gasteiger partial charge in [0, 0.05) is 0 Å². The summed E-state index contributed by atoms with van der Waals surface area (Å²) < 4.78 is 66.1. The maximum absolute atomic E-state index is 10.0. The van der Waals surface area contributed by atoms with Gasteiger partial charge in [0.2, 0.25) is 0 Å². The normalized spacial score (nSPS) is 13.6. The van der Waals surface area contributed by atoms with E-state index in [4.69, 9.17) is 2.74 Å². The van der Waals surface area contributed by atoms with Crippen LogP contribution in [0.2, 0.25) is 0 Å². The number of rotatable bonds is 4. The van der Waals surface area contributed by atoms with E-state index in [9.17, 15) is 6.85 Å². The van der Waals surface area contributed by atoms with Gasteiger partial charge in [0.05, 0.1) is 9.60 Å². The molecule has 0 heterocycles. The van der Waals surface area contributed by atoms with Crippen LogP contribution in [0.1, 0.15) is 9.60 Å². The lowest BCUT2D eigenvalue weighted by molar-refractivity contribution is 1.63. The van der Waals surface area contributed by atoms with Gasteiger partial charge in [0.25, 0.3) is 0 Å². The number of hydrogen-bond donors (Lipinski definition) is 0. The SMILES string of the molecule is [2H]c1c([2H])c([2H])c2c(-c3cc(-c4ccccc4)cc4ccccc34)c3c([2H])c([2H])c(-c4ccc5ccccc5c4)c([2H])c3c(-c3ccccc3)c2c1[2H]. The molecule has 46 heavy (non-hydrogen) atoms. The second kappa shape index (κ2) is 10.9. The fourth-order valence-electron chi connectivity index (χ4n) is 6.69. The van der Waals surface area contributed by atoms with Gasteiger partial charge in [-0.1, -0.05) is 158 Å². The summed E-state index contributed by atoms with van der Waals surface area (Å²) in [6.45, 7) is 0. The van der Waals surface area contributed by atoms with Crippen LogP contribution in [0.15, 0.2) is 182 Å². The molecule has 0 nitrogen and oxygen atoms in total. The topological polar surface area (TPSA) is 0 Å². The highest BCUT2D eigenvalue weighted by atomic mass is 14.2. The largest absolute Gasteiger partial charge is 0.0636 e. The first kappa shape index (κ1) is 20.1. The van der Waals surface area contributed by atoms with Crippen molar-refractivity contribution in [2.75, 3.05) is 0 Å². The Balaban J connectivity index is 1.57. The summed E-state index contributed by atoms with van der Waals surface area (Å²) in [4.78, 5) is 0. The van der Waals surface area contributed by atoms with E-state index < -0.39 is 0 Å². The monoisotopic (exact) mass is 589 g/mol. The Hall–Kier alpha value is -5.98. The van der Waals surface area contributed by atoms with Gasteiger partial charge in [-0.15, -0.1) is 0 Å². The van der Waals surface area contributed by atoms with Crippen molar-refractivity contribution in [1.82, 2.24) is 0 Å². The summed E-state index contributed by atoms with van der Waals surface area (Å²) in [5.74, 6) is 0. The standard InChI is InChI=1S/C46H30/c1-3-13-31(14-4-1)38-28-37-19-9-10-20-39(37)43(30-38)46-41-22-12-11-21-40(41)45(33-16-5-2-6-17-33)44-29-36(25-26-42(44)46)35-24-23-32-15-7-8-18-34(32)27-35/h1-30H/i11D,12D,21D,22D,25D,26D,29D. The molecule has 9 aromatic rings. The van der Waals surface area contributed by atoms with Gasteiger partial charge in [-0.05, 0) is 112 Å². The zero-order valence-electron chi connectivity index (χ0n) is 31.8. The van der Waals surface area contributed by atoms with Gasteiger partial charge in [-0.2, -0.15) is 0 Å². The van der Waals surface area contributed by atoms with Gasteiger partial charge >= 0.3 is 0 Å². The Labute approximate surface area is 278 Å². The van der Waals surface area contributed by atoms with E-state index in [0.29, 0.717) is 44.2 Å². The molecule has 0 aromatic heterocycles. The van der Waals surface area contributed by atoms with Crippen molar-refractivity contribution in [3.8, 4) is 44.5 Å². The van der Waals surface area contributed by atoms with Crippen LogP contribution in [0.25, 0.3) is 87.6 Å². The maximum Gasteiger partial charge on any atom is 0.0636 e. The van der Waals surface area contributed by atoms with Gasteiger partial charge in [0.1, 0.15) is 0 Å². The lowest BCUT2D eigenvalue weighted by Gasteiger charge is -2.20. The van der Waals surface area contributed by atoms with E-state index in [2.05, 4.69) is 6.07 Å². The lowest BCUT2D eigenvalue weighted by Crippen LogP contribution is -1.93. The van der Waals surface area contributed by atoms with Crippen LogP contribution in [0.4, 0.5) is 0 Å². The molecule has 0 amide bonds. The summed E-state index contributed by atoms with van der Waals surface area (Å²) in [6.07, 6.45) is 0. The molecular formula is C46H30. The highest BCUT2D eigenvalue weighted by Crippen LogP contribution is 2.47. The molecule has 0 saturated carbocycles. The van der Waals surface area contributed by atoms with Crippen LogP contribution in [0.3, 0.4) is 0 Å². The molecule has 0 radical (unpaired) electrons. The molecule has 0 bridgehead atoms. The van der Waals surface area contributed by atoms with Crippen LogP contribution >= 0.6 is 0 Å². The van der Waals surface area contributed by atoms with Crippen LogP contribution in [0, 0.1) is 0 Å². The molecule has 0 spiro atoms. The Morgan fingerprint density at radius 3 is 1.72 bits per heavy atom. The second-order valence-electron chi connectivity index (χ2n) is 11.5. The fourth-order valence-corrected chi connectivity index (χ4v) is 6.69. The Morgan fingerprint density at radius 1 is 0.326 bits per heavy atom. The van der Waals surface area contributed by atoms with Gasteiger partial charge in [-0.3, -0.25) is 0 Å². The van der Waals surface area contributed by atoms with Crippen molar-refractivity contribution in [3.63, 3.8) is 0 Å². The summed E-state index contributed by atoms with van der Waals surface area (Å²) in [6, 6.07) is 43.5. The van der Waals surface area contributed by atoms with E-state index in [-0.39, 0.29) is 53.1 Å². The number of hydrogen-bond acceptors (Lipinski definition) is 0. The summed E-state index contributed by atoms with van der Waals surface area (Å²) in [7, 11) is 0. The van der Waals surface area contributed by atoms with Gasteiger partial charge in [-0.25, -0.2) is 0 Å². The minimum absolute atomic E-state index is 0.0224. The quantitative estimate of drug-likeness (QED) is 0.179. The predicted molar refractivity (Wildman–Crippen MR) is 198 cm³/mol. The first-order chi connectivity index (χ1) is 25.7. The van der Waals surface area contributed by atoms with Crippen molar-refractivity contribution in [2.24, 2.45) is 0 Å². The summed E-state index contributed by atoms with van der Waals surface area (Å²) in [5.41, 5.74) is 4.93. The third-order valence-electron chi connectivity index (χ3n) is 8.84. The molecule has 0 aliphatic carbocycles. The van der Waals surface area contributed by atoms with Crippen LogP contribution < -0.4 is 0 Å². The Bertz CT molecular complexity index is 2960. The molecular weight excluding hydrogens is 553 g/mol. The molecule has 0 heteroatoms. The zero-order valence-corrected chi connectivity index (χ0v) is 24.8. The molecule has 0 N–H and O–H groups in total. The van der Waals surface area contributed by atoms with Gasteiger partial charge < -0.3 is 0 Å². The van der Waals surface area contributed by atoms with E-state index in [1.54, 1.807) is 0 Å². The number of benzene rings is 9. The smallest absolute Gasteiger partial charge is 0.0622 e. The van der Waals surface area contributed by atoms with Crippen molar-refractivity contribution >= 4 is 43.1 Å². The van der Waals surface area contributed by atoms with Crippen molar-refractivity contribution in [3.05, 3.63) is 182 Å². The average Bonchev–Trinajstić information content (AvgIpc) is 3.20. The van der Waals surface area contributed by atoms with E-state index in [1.165, 1.54) is 0 Å². The van der Waals surface area contributed by atoms with E-state index in [1.807, 2.05) is 133 Å². The second-order valence-corrected chi connectivity index (χ2v) is 11.5. The van der Waals surface area contributed by atoms with Crippen molar-refractivity contribution in [1.29, 1.82) is 0 Å². The first-order valence-corrected chi connectivity index (χ1v) is 15.4. The summed E-state index contributed by atoms with van der Waals surface area (Å²) >= 11 is 0. The third kappa shape index (κ3) is 4.38. The highest BCUT2D eigenvalue weighted by molar-refractivity contribution is 6.24. The third-order valence-corrected chi connectivity index (χ3v) is 8.84. The van der Waals surface area contributed by atoms with E-state index in [0.717, 1.165) is 32.7 Å². The van der Waals surface area contributed by atoms with Gasteiger partial charge in [0.15, 0.2) is 0 Å². The summed E-state index contributed by atoms with van der Waals surface area (Å²) in [5, 5.41) is 4.88. The predicted octanol–water partition coefficient (Wildman–Crippen LogP) is 13.0. The van der Waals surface area contributed by atoms with Crippen molar-refractivity contribution in [2.45, 2.75) is 0 Å². The lowest BCUT2D eigenvalue weighted by atomic mass is 9.83. The molecule has 214 valence electrons. The van der Waals surface area contributed by atoms with Crippen LogP contribution in [-0.2, 0) is 0 Å². The minimum atomic E-state index is -0.387. The molecule has 0 aliphatic rings. The molecule has 9 rings (SSSR count). The van der Waals surface area contributed by atoms with Crippen LogP contribution in [0.5, 0.6) is 0 Å². The van der Waals surface area contributed by atoms with E-state index >= 15 is 0 Å². The average molecular weight is 590 g/mol. The maximum atomic E-state index is 10.0. The molecule has 0 unspecified atom stereocenters. The molecule has 0 aliphatic heterocycles. The Kier molecular flexibility index (Phi) is 4.76. The zero-order chi connectivity index (χ0) is 36.5. The molecule has 0 fully saturated rings. The minimum Gasteiger partial charge on any atom is -0.0622 e. The first-order valence-electron chi connectivity index (χ1n) is 18.9. The van der Waals surface area contributed by atoms with Crippen LogP contribution in [-0.4, -0.2) is 0 Å². The van der Waals surface area contributed by atoms with Crippen molar-refractivity contribution < 1.29 is 9.60 Å². The molecule has 0 saturated heterocycles. The molecule has 0 atom stereocenters. The number of fused-ring (bicyclic) bond motifs is 4. The fraction of sp³-hybridized carbons (Fsp3) is 0. The molecule has 9 aromatic carbocycles. The highest BCUT2D eigenvalue weighted by Gasteiger charge is 2.19. The Morgan fingerprint density at radius 2 is 0.935 bits per heavy atom.